The summed E-state index contributed by atoms with van der Waals surface area (Å²) < 4.78 is 11.5. The van der Waals surface area contributed by atoms with Crippen molar-refractivity contribution >= 4 is 28.4 Å². The molecule has 2 N–H and O–H groups in total. The van der Waals surface area contributed by atoms with Crippen molar-refractivity contribution in [3.63, 3.8) is 0 Å². The molecule has 4 aromatic rings. The lowest BCUT2D eigenvalue weighted by molar-refractivity contribution is 0.0797. The number of halogens is 1. The number of fused-ring (bicyclic) bond motifs is 1. The highest BCUT2D eigenvalue weighted by Gasteiger charge is 2.21. The molecule has 1 aliphatic rings. The Hall–Kier alpha value is -3.39. The number of carbonyl (C=O) groups is 1. The Balaban J connectivity index is 1.27. The van der Waals surface area contributed by atoms with Crippen LogP contribution in [0.3, 0.4) is 0 Å². The minimum absolute atomic E-state index is 0.146. The number of aromatic amines is 1. The molecule has 1 aromatic heterocycles. The summed E-state index contributed by atoms with van der Waals surface area (Å²) in [7, 11) is 1.74. The fourth-order valence-electron chi connectivity index (χ4n) is 5.13. The van der Waals surface area contributed by atoms with Gasteiger partial charge in [-0.3, -0.25) is 9.89 Å². The van der Waals surface area contributed by atoms with Crippen LogP contribution in [-0.2, 0) is 4.74 Å². The zero-order chi connectivity index (χ0) is 27.2. The normalized spacial score (nSPS) is 15.4. The molecular formula is C31H35ClN4O3. The van der Waals surface area contributed by atoms with Crippen LogP contribution in [0.4, 0.5) is 0 Å². The summed E-state index contributed by atoms with van der Waals surface area (Å²) in [5.74, 6) is 0.715. The number of rotatable bonds is 10. The van der Waals surface area contributed by atoms with Gasteiger partial charge in [0.2, 0.25) is 0 Å². The van der Waals surface area contributed by atoms with Crippen LogP contribution >= 0.6 is 11.6 Å². The summed E-state index contributed by atoms with van der Waals surface area (Å²) in [5.41, 5.74) is 4.13. The molecule has 2 heterocycles. The van der Waals surface area contributed by atoms with Crippen LogP contribution in [0.2, 0.25) is 5.02 Å². The van der Waals surface area contributed by atoms with Gasteiger partial charge in [-0.1, -0.05) is 36.7 Å². The number of H-pyrrole nitrogens is 1. The third-order valence-corrected chi connectivity index (χ3v) is 7.74. The molecule has 0 aliphatic carbocycles. The minimum atomic E-state index is -0.171. The maximum absolute atomic E-state index is 13.2. The van der Waals surface area contributed by atoms with E-state index in [0.29, 0.717) is 10.6 Å². The SMILES string of the molecule is CCC(NC(=O)c1ccc2[nH]nc(-c3ccc(OC4CCN(CCOC)CC4)cc3)c2c1)c1ccccc1Cl. The van der Waals surface area contributed by atoms with E-state index >= 15 is 0 Å². The molecule has 3 aromatic carbocycles. The van der Waals surface area contributed by atoms with Crippen LogP contribution in [-0.4, -0.2) is 60.5 Å². The molecule has 5 rings (SSSR count). The second-order valence-electron chi connectivity index (χ2n) is 9.96. The van der Waals surface area contributed by atoms with Crippen LogP contribution in [0.5, 0.6) is 5.75 Å². The number of hydrogen-bond acceptors (Lipinski definition) is 5. The zero-order valence-corrected chi connectivity index (χ0v) is 23.2. The van der Waals surface area contributed by atoms with Crippen LogP contribution in [0, 0.1) is 0 Å². The van der Waals surface area contributed by atoms with Crippen LogP contribution < -0.4 is 10.1 Å². The molecule has 39 heavy (non-hydrogen) atoms. The molecular weight excluding hydrogens is 512 g/mol. The first-order chi connectivity index (χ1) is 19.1. The summed E-state index contributed by atoms with van der Waals surface area (Å²) in [6.07, 6.45) is 2.97. The van der Waals surface area contributed by atoms with Gasteiger partial charge in [0.15, 0.2) is 0 Å². The number of nitrogens with one attached hydrogen (secondary N) is 2. The van der Waals surface area contributed by atoms with Gasteiger partial charge in [-0.25, -0.2) is 0 Å². The van der Waals surface area contributed by atoms with E-state index in [1.165, 1.54) is 0 Å². The van der Waals surface area contributed by atoms with Gasteiger partial charge in [0.1, 0.15) is 11.9 Å². The molecule has 7 nitrogen and oxygen atoms in total. The Labute approximate surface area is 234 Å². The Morgan fingerprint density at radius 2 is 1.90 bits per heavy atom. The van der Waals surface area contributed by atoms with Crippen molar-refractivity contribution in [1.29, 1.82) is 0 Å². The van der Waals surface area contributed by atoms with Gasteiger partial charge in [0.25, 0.3) is 5.91 Å². The highest BCUT2D eigenvalue weighted by atomic mass is 35.5. The summed E-state index contributed by atoms with van der Waals surface area (Å²) in [6.45, 7) is 5.82. The van der Waals surface area contributed by atoms with E-state index < -0.39 is 0 Å². The van der Waals surface area contributed by atoms with Gasteiger partial charge in [0, 0.05) is 48.3 Å². The number of nitrogens with zero attached hydrogens (tertiary/aromatic N) is 2. The first-order valence-corrected chi connectivity index (χ1v) is 13.9. The molecule has 1 aliphatic heterocycles. The molecule has 0 bridgehead atoms. The van der Waals surface area contributed by atoms with Gasteiger partial charge in [-0.15, -0.1) is 0 Å². The maximum Gasteiger partial charge on any atom is 0.251 e. The smallest absolute Gasteiger partial charge is 0.251 e. The largest absolute Gasteiger partial charge is 0.490 e. The van der Waals surface area contributed by atoms with Gasteiger partial charge >= 0.3 is 0 Å². The number of piperidine rings is 1. The predicted molar refractivity (Wildman–Crippen MR) is 155 cm³/mol. The maximum atomic E-state index is 13.2. The third kappa shape index (κ3) is 6.44. The van der Waals surface area contributed by atoms with E-state index in [1.54, 1.807) is 7.11 Å². The molecule has 1 saturated heterocycles. The number of likely N-dealkylation sites (tertiary alicyclic amines) is 1. The van der Waals surface area contributed by atoms with E-state index in [1.807, 2.05) is 73.7 Å². The second kappa shape index (κ2) is 12.6. The van der Waals surface area contributed by atoms with Gasteiger partial charge in [0.05, 0.1) is 23.9 Å². The molecule has 1 amide bonds. The second-order valence-corrected chi connectivity index (χ2v) is 10.4. The molecule has 0 spiro atoms. The van der Waals surface area contributed by atoms with Crippen molar-refractivity contribution in [2.45, 2.75) is 38.3 Å². The minimum Gasteiger partial charge on any atom is -0.490 e. The van der Waals surface area contributed by atoms with E-state index in [0.717, 1.165) is 79.0 Å². The average Bonchev–Trinajstić information content (AvgIpc) is 3.40. The summed E-state index contributed by atoms with van der Waals surface area (Å²) >= 11 is 6.39. The quantitative estimate of drug-likeness (QED) is 0.246. The lowest BCUT2D eigenvalue weighted by Gasteiger charge is -2.31. The fourth-order valence-corrected chi connectivity index (χ4v) is 5.40. The number of methoxy groups -OCH3 is 1. The van der Waals surface area contributed by atoms with Crippen molar-refractivity contribution < 1.29 is 14.3 Å². The van der Waals surface area contributed by atoms with Crippen molar-refractivity contribution in [3.05, 3.63) is 82.9 Å². The molecule has 1 unspecified atom stereocenters. The van der Waals surface area contributed by atoms with Gasteiger partial charge in [-0.05, 0) is 73.4 Å². The predicted octanol–water partition coefficient (Wildman–Crippen LogP) is 6.25. The standard InChI is InChI=1S/C31H35ClN4O3/c1-3-28(25-6-4-5-7-27(25)32)33-31(37)22-10-13-29-26(20-22)30(35-34-29)21-8-11-23(12-9-21)39-24-14-16-36(17-15-24)18-19-38-2/h4-13,20,24,28H,3,14-19H2,1-2H3,(H,33,37)(H,34,35). The molecule has 1 atom stereocenters. The Bertz CT molecular complexity index is 1400. The number of ether oxygens (including phenoxy) is 2. The van der Waals surface area contributed by atoms with Gasteiger partial charge in [-0.2, -0.15) is 5.10 Å². The summed E-state index contributed by atoms with van der Waals surface area (Å²) in [4.78, 5) is 15.6. The molecule has 0 saturated carbocycles. The van der Waals surface area contributed by atoms with E-state index in [9.17, 15) is 4.79 Å². The highest BCUT2D eigenvalue weighted by molar-refractivity contribution is 6.31. The van der Waals surface area contributed by atoms with Crippen molar-refractivity contribution in [3.8, 4) is 17.0 Å². The van der Waals surface area contributed by atoms with Crippen LogP contribution in [0.15, 0.2) is 66.7 Å². The first-order valence-electron chi connectivity index (χ1n) is 13.6. The number of carbonyl (C=O) groups excluding carboxylic acids is 1. The van der Waals surface area contributed by atoms with Crippen LogP contribution in [0.1, 0.15) is 48.1 Å². The van der Waals surface area contributed by atoms with Crippen molar-refractivity contribution in [2.75, 3.05) is 33.4 Å². The lowest BCUT2D eigenvalue weighted by Crippen LogP contribution is -2.39. The molecule has 8 heteroatoms. The number of amides is 1. The zero-order valence-electron chi connectivity index (χ0n) is 22.5. The average molecular weight is 547 g/mol. The summed E-state index contributed by atoms with van der Waals surface area (Å²) in [5, 5.41) is 12.3. The highest BCUT2D eigenvalue weighted by Crippen LogP contribution is 2.30. The van der Waals surface area contributed by atoms with Gasteiger partial charge < -0.3 is 19.7 Å². The Morgan fingerprint density at radius 1 is 1.13 bits per heavy atom. The first kappa shape index (κ1) is 27.2. The molecule has 204 valence electrons. The van der Waals surface area contributed by atoms with E-state index in [-0.39, 0.29) is 18.1 Å². The lowest BCUT2D eigenvalue weighted by atomic mass is 10.0. The monoisotopic (exact) mass is 546 g/mol. The number of aromatic nitrogens is 2. The summed E-state index contributed by atoms with van der Waals surface area (Å²) in [6, 6.07) is 21.1. The Kier molecular flexibility index (Phi) is 8.81. The molecule has 1 fully saturated rings. The van der Waals surface area contributed by atoms with Crippen LogP contribution in [0.25, 0.3) is 22.2 Å². The fraction of sp³-hybridized carbons (Fsp3) is 0.355. The number of hydrogen-bond donors (Lipinski definition) is 2. The number of benzene rings is 3. The third-order valence-electron chi connectivity index (χ3n) is 7.40. The topological polar surface area (TPSA) is 79.5 Å². The molecule has 0 radical (unpaired) electrons. The Morgan fingerprint density at radius 3 is 2.62 bits per heavy atom. The van der Waals surface area contributed by atoms with E-state index in [4.69, 9.17) is 21.1 Å². The van der Waals surface area contributed by atoms with Crippen molar-refractivity contribution in [2.24, 2.45) is 0 Å². The van der Waals surface area contributed by atoms with E-state index in [2.05, 4.69) is 20.4 Å². The van der Waals surface area contributed by atoms with Crippen molar-refractivity contribution in [1.82, 2.24) is 20.4 Å².